The Morgan fingerprint density at radius 3 is 2.40 bits per heavy atom. The first kappa shape index (κ1) is 18.5. The van der Waals surface area contributed by atoms with Gasteiger partial charge in [-0.05, 0) is 31.6 Å². The lowest BCUT2D eigenvalue weighted by Crippen LogP contribution is -2.70. The summed E-state index contributed by atoms with van der Waals surface area (Å²) in [6.07, 6.45) is -1.08. The van der Waals surface area contributed by atoms with E-state index in [9.17, 15) is 14.4 Å². The largest absolute Gasteiger partial charge is 0.482 e. The van der Waals surface area contributed by atoms with Crippen LogP contribution in [0, 0.1) is 0 Å². The second-order valence-electron chi connectivity index (χ2n) is 5.56. The van der Waals surface area contributed by atoms with Gasteiger partial charge in [0.2, 0.25) is 6.23 Å². The minimum absolute atomic E-state index is 0.0102. The van der Waals surface area contributed by atoms with Gasteiger partial charge in [0.15, 0.2) is 6.61 Å². The van der Waals surface area contributed by atoms with E-state index < -0.39 is 30.1 Å². The lowest BCUT2D eigenvalue weighted by molar-refractivity contribution is -0.187. The second-order valence-corrected chi connectivity index (χ2v) is 5.56. The van der Waals surface area contributed by atoms with Crippen molar-refractivity contribution in [1.82, 2.24) is 4.90 Å². The van der Waals surface area contributed by atoms with Crippen molar-refractivity contribution in [3.8, 4) is 5.75 Å². The molecule has 2 atom stereocenters. The molecule has 25 heavy (non-hydrogen) atoms. The summed E-state index contributed by atoms with van der Waals surface area (Å²) in [5.41, 5.74) is 6.25. The van der Waals surface area contributed by atoms with Gasteiger partial charge in [-0.15, -0.1) is 0 Å². The van der Waals surface area contributed by atoms with Crippen LogP contribution in [0.3, 0.4) is 0 Å². The predicted octanol–water partition coefficient (Wildman–Crippen LogP) is 0.571. The van der Waals surface area contributed by atoms with Gasteiger partial charge in [0, 0.05) is 0 Å². The van der Waals surface area contributed by atoms with Gasteiger partial charge in [-0.2, -0.15) is 0 Å². The maximum atomic E-state index is 12.0. The topological polar surface area (TPSA) is 108 Å². The second kappa shape index (κ2) is 7.80. The summed E-state index contributed by atoms with van der Waals surface area (Å²) in [4.78, 5) is 36.9. The van der Waals surface area contributed by atoms with Gasteiger partial charge in [-0.3, -0.25) is 9.69 Å². The van der Waals surface area contributed by atoms with E-state index >= 15 is 0 Å². The molecule has 0 spiro atoms. The summed E-state index contributed by atoms with van der Waals surface area (Å²) >= 11 is 0. The number of nitrogens with zero attached hydrogens (tertiary/aromatic N) is 1. The van der Waals surface area contributed by atoms with Gasteiger partial charge in [0.25, 0.3) is 5.91 Å². The molecule has 0 saturated carbocycles. The summed E-state index contributed by atoms with van der Waals surface area (Å²) in [6, 6.07) is 7.68. The highest BCUT2D eigenvalue weighted by atomic mass is 16.6. The number of β-lactam (4-membered cyclic amide) rings is 1. The normalized spacial score (nSPS) is 18.9. The molecule has 1 aliphatic heterocycles. The highest BCUT2D eigenvalue weighted by Gasteiger charge is 2.51. The number of allylic oxidation sites excluding steroid dienone is 1. The van der Waals surface area contributed by atoms with Crippen LogP contribution in [0.4, 0.5) is 0 Å². The number of methoxy groups -OCH3 is 1. The van der Waals surface area contributed by atoms with Crippen LogP contribution in [0.15, 0.2) is 41.6 Å². The Morgan fingerprint density at radius 1 is 1.20 bits per heavy atom. The molecule has 134 valence electrons. The molecule has 8 nitrogen and oxygen atoms in total. The quantitative estimate of drug-likeness (QED) is 0.455. The molecule has 1 aliphatic rings. The van der Waals surface area contributed by atoms with E-state index in [2.05, 4.69) is 4.74 Å². The van der Waals surface area contributed by atoms with E-state index in [0.717, 1.165) is 4.90 Å². The minimum atomic E-state index is -1.08. The highest BCUT2D eigenvalue weighted by Crippen LogP contribution is 2.28. The van der Waals surface area contributed by atoms with E-state index in [0.29, 0.717) is 11.3 Å². The molecule has 0 bridgehead atoms. The van der Waals surface area contributed by atoms with E-state index in [1.165, 1.54) is 7.11 Å². The van der Waals surface area contributed by atoms with Crippen molar-refractivity contribution in [2.45, 2.75) is 26.1 Å². The Labute approximate surface area is 145 Å². The van der Waals surface area contributed by atoms with Crippen LogP contribution in [0.1, 0.15) is 13.8 Å². The fourth-order valence-electron chi connectivity index (χ4n) is 2.32. The van der Waals surface area contributed by atoms with Gasteiger partial charge in [-0.1, -0.05) is 18.2 Å². The van der Waals surface area contributed by atoms with Gasteiger partial charge >= 0.3 is 11.9 Å². The molecule has 2 N–H and O–H groups in total. The first-order valence-electron chi connectivity index (χ1n) is 7.58. The number of rotatable bonds is 6. The molecule has 1 fully saturated rings. The molecule has 2 rings (SSSR count). The number of hydrogen-bond donors (Lipinski definition) is 1. The Hall–Kier alpha value is -2.87. The van der Waals surface area contributed by atoms with Crippen LogP contribution >= 0.6 is 0 Å². The summed E-state index contributed by atoms with van der Waals surface area (Å²) in [5.74, 6) is -1.44. The standard InChI is InChI=1S/C17H20N2O6/c1-10(2)14(17(22)23-3)19-15(21)13(18)16(19)25-12(20)9-24-11-7-5-4-6-8-11/h4-8,13,16H,9,18H2,1-3H3/t13-,16-/m1/s1. The van der Waals surface area contributed by atoms with Crippen molar-refractivity contribution in [2.75, 3.05) is 13.7 Å². The van der Waals surface area contributed by atoms with E-state index in [1.807, 2.05) is 6.07 Å². The number of likely N-dealkylation sites (tertiary alicyclic amines) is 1. The van der Waals surface area contributed by atoms with Gasteiger partial charge in [0.1, 0.15) is 17.5 Å². The number of nitrogens with two attached hydrogens (primary N) is 1. The number of benzene rings is 1. The molecule has 1 heterocycles. The molecule has 1 aromatic carbocycles. The third kappa shape index (κ3) is 3.97. The summed E-state index contributed by atoms with van der Waals surface area (Å²) in [7, 11) is 1.20. The third-order valence-corrected chi connectivity index (χ3v) is 3.53. The van der Waals surface area contributed by atoms with Gasteiger partial charge in [-0.25, -0.2) is 9.59 Å². The monoisotopic (exact) mass is 348 g/mol. The molecule has 0 aromatic heterocycles. The minimum Gasteiger partial charge on any atom is -0.482 e. The van der Waals surface area contributed by atoms with Gasteiger partial charge < -0.3 is 19.9 Å². The Kier molecular flexibility index (Phi) is 5.76. The van der Waals surface area contributed by atoms with Crippen molar-refractivity contribution in [3.05, 3.63) is 41.6 Å². The number of para-hydroxylation sites is 1. The summed E-state index contributed by atoms with van der Waals surface area (Å²) in [6.45, 7) is 2.93. The summed E-state index contributed by atoms with van der Waals surface area (Å²) < 4.78 is 15.2. The summed E-state index contributed by atoms with van der Waals surface area (Å²) in [5, 5.41) is 0. The van der Waals surface area contributed by atoms with Crippen LogP contribution in [0.5, 0.6) is 5.75 Å². The molecular formula is C17H20N2O6. The molecule has 1 aromatic rings. The predicted molar refractivity (Wildman–Crippen MR) is 87.0 cm³/mol. The average Bonchev–Trinajstić information content (AvgIpc) is 2.62. The van der Waals surface area contributed by atoms with Crippen LogP contribution in [0.2, 0.25) is 0 Å². The maximum Gasteiger partial charge on any atom is 0.354 e. The lowest BCUT2D eigenvalue weighted by Gasteiger charge is -2.44. The lowest BCUT2D eigenvalue weighted by atomic mass is 10.0. The average molecular weight is 348 g/mol. The third-order valence-electron chi connectivity index (χ3n) is 3.53. The van der Waals surface area contributed by atoms with Crippen LogP contribution in [-0.2, 0) is 23.9 Å². The van der Waals surface area contributed by atoms with E-state index in [1.54, 1.807) is 38.1 Å². The van der Waals surface area contributed by atoms with Crippen molar-refractivity contribution in [2.24, 2.45) is 5.73 Å². The van der Waals surface area contributed by atoms with Crippen molar-refractivity contribution in [1.29, 1.82) is 0 Å². The fraction of sp³-hybridized carbons (Fsp3) is 0.353. The number of esters is 2. The number of ether oxygens (including phenoxy) is 3. The van der Waals surface area contributed by atoms with Crippen molar-refractivity contribution in [3.63, 3.8) is 0 Å². The highest BCUT2D eigenvalue weighted by molar-refractivity contribution is 6.00. The van der Waals surface area contributed by atoms with E-state index in [4.69, 9.17) is 15.2 Å². The van der Waals surface area contributed by atoms with Crippen LogP contribution in [0.25, 0.3) is 0 Å². The van der Waals surface area contributed by atoms with Crippen LogP contribution < -0.4 is 10.5 Å². The molecule has 0 aliphatic carbocycles. The zero-order valence-corrected chi connectivity index (χ0v) is 14.2. The van der Waals surface area contributed by atoms with Crippen LogP contribution in [-0.4, -0.2) is 48.7 Å². The fourth-order valence-corrected chi connectivity index (χ4v) is 2.32. The van der Waals surface area contributed by atoms with E-state index in [-0.39, 0.29) is 12.3 Å². The van der Waals surface area contributed by atoms with Crippen molar-refractivity contribution >= 4 is 17.8 Å². The van der Waals surface area contributed by atoms with Crippen molar-refractivity contribution < 1.29 is 28.6 Å². The smallest absolute Gasteiger partial charge is 0.354 e. The Balaban J connectivity index is 2.04. The first-order chi connectivity index (χ1) is 11.9. The SMILES string of the molecule is COC(=O)C(=C(C)C)N1C(=O)[C@@H](N)[C@H]1OC(=O)COc1ccccc1. The number of amides is 1. The zero-order valence-electron chi connectivity index (χ0n) is 14.2. The first-order valence-corrected chi connectivity index (χ1v) is 7.58. The number of carbonyl (C=O) groups is 3. The Morgan fingerprint density at radius 2 is 1.84 bits per heavy atom. The van der Waals surface area contributed by atoms with Gasteiger partial charge in [0.05, 0.1) is 7.11 Å². The molecule has 1 amide bonds. The molecular weight excluding hydrogens is 328 g/mol. The number of hydrogen-bond acceptors (Lipinski definition) is 7. The molecule has 8 heteroatoms. The molecule has 0 radical (unpaired) electrons. The molecule has 1 saturated heterocycles. The maximum absolute atomic E-state index is 12.0. The molecule has 0 unspecified atom stereocenters. The Bertz CT molecular complexity index is 696. The zero-order chi connectivity index (χ0) is 18.6. The number of carbonyl (C=O) groups excluding carboxylic acids is 3.